The predicted molar refractivity (Wildman–Crippen MR) is 92.6 cm³/mol. The summed E-state index contributed by atoms with van der Waals surface area (Å²) in [5.41, 5.74) is 1.04. The van der Waals surface area contributed by atoms with E-state index in [0.717, 1.165) is 57.3 Å². The summed E-state index contributed by atoms with van der Waals surface area (Å²) in [6.07, 6.45) is 6.55. The van der Waals surface area contributed by atoms with Crippen LogP contribution in [-0.2, 0) is 6.54 Å². The molecule has 134 valence electrons. The second-order valence-electron chi connectivity index (χ2n) is 7.08. The Bertz CT molecular complexity index is 532. The Morgan fingerprint density at radius 2 is 1.96 bits per heavy atom. The van der Waals surface area contributed by atoms with Gasteiger partial charge in [-0.05, 0) is 43.4 Å². The SMILES string of the molecule is COc1cc(CNC2CCN([C@@H]3CCCC[C@H]3O)CC2)ccc1F. The van der Waals surface area contributed by atoms with E-state index in [1.165, 1.54) is 19.6 Å². The van der Waals surface area contributed by atoms with Gasteiger partial charge in [0.05, 0.1) is 13.2 Å². The van der Waals surface area contributed by atoms with Crippen molar-refractivity contribution in [3.8, 4) is 5.75 Å². The maximum absolute atomic E-state index is 13.4. The van der Waals surface area contributed by atoms with Gasteiger partial charge in [-0.25, -0.2) is 4.39 Å². The molecule has 0 bridgehead atoms. The molecule has 2 fully saturated rings. The lowest BCUT2D eigenvalue weighted by atomic mass is 9.89. The fraction of sp³-hybridized carbons (Fsp3) is 0.684. The fourth-order valence-corrected chi connectivity index (χ4v) is 4.03. The van der Waals surface area contributed by atoms with Crippen LogP contribution in [0.1, 0.15) is 44.1 Å². The summed E-state index contributed by atoms with van der Waals surface area (Å²) in [6, 6.07) is 5.87. The first-order valence-corrected chi connectivity index (χ1v) is 9.15. The van der Waals surface area contributed by atoms with Crippen molar-refractivity contribution >= 4 is 0 Å². The van der Waals surface area contributed by atoms with Crippen molar-refractivity contribution in [3.05, 3.63) is 29.6 Å². The second kappa shape index (κ2) is 8.28. The maximum Gasteiger partial charge on any atom is 0.165 e. The standard InChI is InChI=1S/C19H29FN2O2/c1-24-19-12-14(6-7-16(19)20)13-21-15-8-10-22(11-9-15)17-4-2-3-5-18(17)23/h6-7,12,15,17-18,21,23H,2-5,8-11,13H2,1H3/t17-,18-/m1/s1. The van der Waals surface area contributed by atoms with Crippen LogP contribution in [0.4, 0.5) is 4.39 Å². The lowest BCUT2D eigenvalue weighted by Crippen LogP contribution is -2.51. The van der Waals surface area contributed by atoms with Gasteiger partial charge >= 0.3 is 0 Å². The summed E-state index contributed by atoms with van der Waals surface area (Å²) in [4.78, 5) is 2.48. The molecule has 1 saturated heterocycles. The molecule has 0 spiro atoms. The molecule has 0 unspecified atom stereocenters. The van der Waals surface area contributed by atoms with E-state index < -0.39 is 0 Å². The molecule has 4 nitrogen and oxygen atoms in total. The van der Waals surface area contributed by atoms with Gasteiger partial charge in [0.15, 0.2) is 11.6 Å². The Hall–Kier alpha value is -1.17. The first-order valence-electron chi connectivity index (χ1n) is 9.15. The summed E-state index contributed by atoms with van der Waals surface area (Å²) >= 11 is 0. The number of aliphatic hydroxyl groups excluding tert-OH is 1. The number of aliphatic hydroxyl groups is 1. The minimum atomic E-state index is -0.319. The Morgan fingerprint density at radius 1 is 1.21 bits per heavy atom. The van der Waals surface area contributed by atoms with E-state index in [2.05, 4.69) is 10.2 Å². The molecule has 2 N–H and O–H groups in total. The van der Waals surface area contributed by atoms with Crippen LogP contribution in [0.25, 0.3) is 0 Å². The van der Waals surface area contributed by atoms with Crippen LogP contribution in [-0.4, -0.2) is 48.4 Å². The molecule has 1 heterocycles. The van der Waals surface area contributed by atoms with E-state index in [1.807, 2.05) is 0 Å². The van der Waals surface area contributed by atoms with Crippen molar-refractivity contribution < 1.29 is 14.2 Å². The van der Waals surface area contributed by atoms with E-state index in [0.29, 0.717) is 17.8 Å². The number of hydrogen-bond donors (Lipinski definition) is 2. The molecule has 3 rings (SSSR count). The molecular formula is C19H29FN2O2. The van der Waals surface area contributed by atoms with E-state index in [4.69, 9.17) is 4.74 Å². The summed E-state index contributed by atoms with van der Waals surface area (Å²) in [5, 5.41) is 13.8. The van der Waals surface area contributed by atoms with Crippen LogP contribution in [0.2, 0.25) is 0 Å². The van der Waals surface area contributed by atoms with Crippen molar-refractivity contribution in [1.82, 2.24) is 10.2 Å². The zero-order chi connectivity index (χ0) is 16.9. The second-order valence-corrected chi connectivity index (χ2v) is 7.08. The number of hydrogen-bond acceptors (Lipinski definition) is 4. The zero-order valence-electron chi connectivity index (χ0n) is 14.5. The molecule has 1 aromatic carbocycles. The largest absolute Gasteiger partial charge is 0.494 e. The van der Waals surface area contributed by atoms with Gasteiger partial charge in [-0.1, -0.05) is 18.9 Å². The highest BCUT2D eigenvalue weighted by atomic mass is 19.1. The molecule has 5 heteroatoms. The minimum Gasteiger partial charge on any atom is -0.494 e. The summed E-state index contributed by atoms with van der Waals surface area (Å²) < 4.78 is 18.5. The molecule has 1 aliphatic heterocycles. The Kier molecular flexibility index (Phi) is 6.09. The molecule has 2 aliphatic rings. The Balaban J connectivity index is 1.45. The van der Waals surface area contributed by atoms with Gasteiger partial charge in [0.25, 0.3) is 0 Å². The summed E-state index contributed by atoms with van der Waals surface area (Å²) in [5.74, 6) is -0.0176. The van der Waals surface area contributed by atoms with E-state index in [-0.39, 0.29) is 11.9 Å². The van der Waals surface area contributed by atoms with Gasteiger partial charge in [-0.2, -0.15) is 0 Å². The topological polar surface area (TPSA) is 44.7 Å². The molecule has 0 radical (unpaired) electrons. The highest BCUT2D eigenvalue weighted by molar-refractivity contribution is 5.30. The summed E-state index contributed by atoms with van der Waals surface area (Å²) in [7, 11) is 1.49. The minimum absolute atomic E-state index is 0.144. The quantitative estimate of drug-likeness (QED) is 0.868. The number of ether oxygens (including phenoxy) is 1. The van der Waals surface area contributed by atoms with Crippen molar-refractivity contribution in [2.75, 3.05) is 20.2 Å². The smallest absolute Gasteiger partial charge is 0.165 e. The van der Waals surface area contributed by atoms with Gasteiger partial charge in [0.2, 0.25) is 0 Å². The molecule has 24 heavy (non-hydrogen) atoms. The average molecular weight is 336 g/mol. The number of halogens is 1. The third-order valence-electron chi connectivity index (χ3n) is 5.50. The lowest BCUT2D eigenvalue weighted by molar-refractivity contribution is 0.00714. The van der Waals surface area contributed by atoms with Gasteiger partial charge in [0, 0.05) is 31.7 Å². The molecule has 1 aromatic rings. The number of nitrogens with zero attached hydrogens (tertiary/aromatic N) is 1. The third-order valence-corrected chi connectivity index (χ3v) is 5.50. The normalized spacial score (nSPS) is 26.5. The highest BCUT2D eigenvalue weighted by Crippen LogP contribution is 2.26. The van der Waals surface area contributed by atoms with Crippen LogP contribution >= 0.6 is 0 Å². The number of nitrogens with one attached hydrogen (secondary N) is 1. The van der Waals surface area contributed by atoms with Gasteiger partial charge in [-0.15, -0.1) is 0 Å². The van der Waals surface area contributed by atoms with Gasteiger partial charge in [-0.3, -0.25) is 4.90 Å². The van der Waals surface area contributed by atoms with Gasteiger partial charge < -0.3 is 15.2 Å². The summed E-state index contributed by atoms with van der Waals surface area (Å²) in [6.45, 7) is 2.83. The number of methoxy groups -OCH3 is 1. The Morgan fingerprint density at radius 3 is 2.67 bits per heavy atom. The van der Waals surface area contributed by atoms with Gasteiger partial charge in [0.1, 0.15) is 0 Å². The van der Waals surface area contributed by atoms with Crippen LogP contribution < -0.4 is 10.1 Å². The van der Waals surface area contributed by atoms with Crippen molar-refractivity contribution in [2.45, 2.75) is 63.3 Å². The average Bonchev–Trinajstić information content (AvgIpc) is 2.62. The molecule has 2 atom stereocenters. The molecule has 0 aromatic heterocycles. The van der Waals surface area contributed by atoms with E-state index >= 15 is 0 Å². The first kappa shape index (κ1) is 17.6. The van der Waals surface area contributed by atoms with Crippen LogP contribution in [0.5, 0.6) is 5.75 Å². The number of piperidine rings is 1. The molecular weight excluding hydrogens is 307 g/mol. The van der Waals surface area contributed by atoms with Crippen molar-refractivity contribution in [3.63, 3.8) is 0 Å². The first-order chi connectivity index (χ1) is 11.7. The number of benzene rings is 1. The highest BCUT2D eigenvalue weighted by Gasteiger charge is 2.31. The molecule has 1 saturated carbocycles. The van der Waals surface area contributed by atoms with Crippen LogP contribution in [0.15, 0.2) is 18.2 Å². The van der Waals surface area contributed by atoms with Crippen molar-refractivity contribution in [2.24, 2.45) is 0 Å². The maximum atomic E-state index is 13.4. The Labute approximate surface area is 144 Å². The van der Waals surface area contributed by atoms with Crippen LogP contribution in [0.3, 0.4) is 0 Å². The van der Waals surface area contributed by atoms with Crippen molar-refractivity contribution in [1.29, 1.82) is 0 Å². The molecule has 0 amide bonds. The third kappa shape index (κ3) is 4.26. The van der Waals surface area contributed by atoms with Crippen LogP contribution in [0, 0.1) is 5.82 Å². The monoisotopic (exact) mass is 336 g/mol. The number of rotatable bonds is 5. The van der Waals surface area contributed by atoms with E-state index in [9.17, 15) is 9.50 Å². The predicted octanol–water partition coefficient (Wildman–Crippen LogP) is 2.69. The van der Waals surface area contributed by atoms with E-state index in [1.54, 1.807) is 12.1 Å². The fourth-order valence-electron chi connectivity index (χ4n) is 4.03. The molecule has 1 aliphatic carbocycles. The zero-order valence-corrected chi connectivity index (χ0v) is 14.5. The number of likely N-dealkylation sites (tertiary alicyclic amines) is 1. The lowest BCUT2D eigenvalue weighted by Gasteiger charge is -2.41.